The number of nitrogen functional groups attached to an aromatic ring is 1. The lowest BCUT2D eigenvalue weighted by atomic mass is 10.3. The Morgan fingerprint density at radius 1 is 1.32 bits per heavy atom. The van der Waals surface area contributed by atoms with E-state index in [0.717, 1.165) is 18.2 Å². The van der Waals surface area contributed by atoms with E-state index in [1.54, 1.807) is 12.1 Å². The first kappa shape index (κ1) is 13.6. The molecule has 7 heteroatoms. The van der Waals surface area contributed by atoms with Gasteiger partial charge in [-0.05, 0) is 30.3 Å². The van der Waals surface area contributed by atoms with Crippen LogP contribution in [0.15, 0.2) is 45.9 Å². The minimum absolute atomic E-state index is 0.120. The zero-order chi connectivity index (χ0) is 13.9. The van der Waals surface area contributed by atoms with Crippen LogP contribution in [0.2, 0.25) is 0 Å². The van der Waals surface area contributed by atoms with Crippen molar-refractivity contribution < 1.29 is 17.2 Å². The molecule has 0 fully saturated rings. The monoisotopic (exact) mass is 284 g/mol. The summed E-state index contributed by atoms with van der Waals surface area (Å²) in [5, 5.41) is 0. The minimum Gasteiger partial charge on any atom is -0.469 e. The minimum atomic E-state index is -3.74. The number of rotatable bonds is 5. The van der Waals surface area contributed by atoms with Crippen molar-refractivity contribution >= 4 is 15.7 Å². The first-order valence-corrected chi connectivity index (χ1v) is 7.04. The second kappa shape index (κ2) is 5.41. The number of sulfonamides is 1. The lowest BCUT2D eigenvalue weighted by Crippen LogP contribution is -2.26. The molecule has 1 heterocycles. The van der Waals surface area contributed by atoms with Crippen LogP contribution in [0.5, 0.6) is 0 Å². The Bertz CT molecular complexity index is 654. The molecular weight excluding hydrogens is 271 g/mol. The molecule has 3 N–H and O–H groups in total. The number of halogens is 1. The summed E-state index contributed by atoms with van der Waals surface area (Å²) in [7, 11) is -3.74. The van der Waals surface area contributed by atoms with Gasteiger partial charge in [-0.3, -0.25) is 0 Å². The van der Waals surface area contributed by atoms with E-state index in [1.165, 1.54) is 6.26 Å². The van der Waals surface area contributed by atoms with E-state index in [-0.39, 0.29) is 17.1 Å². The number of hydrogen-bond acceptors (Lipinski definition) is 4. The Balaban J connectivity index is 2.05. The predicted molar refractivity (Wildman–Crippen MR) is 68.4 cm³/mol. The summed E-state index contributed by atoms with van der Waals surface area (Å²) in [4.78, 5) is -0.131. The third-order valence-electron chi connectivity index (χ3n) is 2.50. The summed E-state index contributed by atoms with van der Waals surface area (Å²) in [5.41, 5.74) is 5.38. The Hall–Kier alpha value is -1.86. The molecule has 102 valence electrons. The maximum atomic E-state index is 12.9. The zero-order valence-corrected chi connectivity index (χ0v) is 10.8. The highest BCUT2D eigenvalue weighted by atomic mass is 32.2. The van der Waals surface area contributed by atoms with Gasteiger partial charge in [0.2, 0.25) is 10.0 Å². The molecule has 0 saturated heterocycles. The smallest absolute Gasteiger partial charge is 0.242 e. The van der Waals surface area contributed by atoms with E-state index in [9.17, 15) is 12.8 Å². The second-order valence-electron chi connectivity index (χ2n) is 3.91. The molecule has 0 aliphatic rings. The molecule has 0 aliphatic carbocycles. The highest BCUT2D eigenvalue weighted by molar-refractivity contribution is 7.89. The highest BCUT2D eigenvalue weighted by Gasteiger charge is 2.17. The predicted octanol–water partition coefficient (Wildman–Crippen LogP) is 1.52. The zero-order valence-electron chi connectivity index (χ0n) is 9.97. The fourth-order valence-corrected chi connectivity index (χ4v) is 2.75. The molecule has 1 aromatic heterocycles. The molecule has 0 spiro atoms. The van der Waals surface area contributed by atoms with Gasteiger partial charge in [0.25, 0.3) is 0 Å². The van der Waals surface area contributed by atoms with Crippen molar-refractivity contribution in [3.05, 3.63) is 48.2 Å². The maximum absolute atomic E-state index is 12.9. The molecule has 0 amide bonds. The van der Waals surface area contributed by atoms with Crippen molar-refractivity contribution in [2.45, 2.75) is 11.3 Å². The Kier molecular flexibility index (Phi) is 3.87. The standard InChI is InChI=1S/C12H13FN2O3S/c13-9-3-4-12(11(14)8-9)19(16,17)15-6-5-10-2-1-7-18-10/h1-4,7-8,15H,5-6,14H2. The van der Waals surface area contributed by atoms with Gasteiger partial charge in [-0.2, -0.15) is 0 Å². The third-order valence-corrected chi connectivity index (χ3v) is 4.04. The molecular formula is C12H13FN2O3S. The SMILES string of the molecule is Nc1cc(F)ccc1S(=O)(=O)NCCc1ccco1. The lowest BCUT2D eigenvalue weighted by molar-refractivity contribution is 0.506. The molecule has 0 unspecified atom stereocenters. The number of nitrogens with two attached hydrogens (primary N) is 1. The van der Waals surface area contributed by atoms with E-state index in [2.05, 4.69) is 4.72 Å². The summed E-state index contributed by atoms with van der Waals surface area (Å²) in [6, 6.07) is 6.64. The van der Waals surface area contributed by atoms with Crippen molar-refractivity contribution in [3.63, 3.8) is 0 Å². The van der Waals surface area contributed by atoms with Crippen molar-refractivity contribution in [1.29, 1.82) is 0 Å². The Morgan fingerprint density at radius 2 is 2.11 bits per heavy atom. The molecule has 0 radical (unpaired) electrons. The van der Waals surface area contributed by atoms with Crippen LogP contribution in [-0.4, -0.2) is 15.0 Å². The molecule has 2 rings (SSSR count). The number of benzene rings is 1. The second-order valence-corrected chi connectivity index (χ2v) is 5.64. The summed E-state index contributed by atoms with van der Waals surface area (Å²) < 4.78 is 44.2. The number of nitrogens with one attached hydrogen (secondary N) is 1. The average Bonchev–Trinajstić information content (AvgIpc) is 2.81. The van der Waals surface area contributed by atoms with Crippen molar-refractivity contribution in [2.75, 3.05) is 12.3 Å². The van der Waals surface area contributed by atoms with Crippen LogP contribution in [0.3, 0.4) is 0 Å². The van der Waals surface area contributed by atoms with E-state index < -0.39 is 15.8 Å². The topological polar surface area (TPSA) is 85.3 Å². The number of anilines is 1. The van der Waals surface area contributed by atoms with Crippen LogP contribution in [-0.2, 0) is 16.4 Å². The molecule has 0 aliphatic heterocycles. The normalized spacial score (nSPS) is 11.6. The average molecular weight is 284 g/mol. The molecule has 5 nitrogen and oxygen atoms in total. The number of furan rings is 1. The van der Waals surface area contributed by atoms with Crippen LogP contribution >= 0.6 is 0 Å². The first-order chi connectivity index (χ1) is 8.99. The Labute approximate surface area is 110 Å². The molecule has 19 heavy (non-hydrogen) atoms. The fraction of sp³-hybridized carbons (Fsp3) is 0.167. The summed E-state index contributed by atoms with van der Waals surface area (Å²) in [6.07, 6.45) is 1.94. The van der Waals surface area contributed by atoms with Crippen LogP contribution in [0.4, 0.5) is 10.1 Å². The van der Waals surface area contributed by atoms with Gasteiger partial charge in [0.1, 0.15) is 16.5 Å². The van der Waals surface area contributed by atoms with Gasteiger partial charge < -0.3 is 10.2 Å². The number of hydrogen-bond donors (Lipinski definition) is 2. The van der Waals surface area contributed by atoms with E-state index in [4.69, 9.17) is 10.2 Å². The van der Waals surface area contributed by atoms with E-state index >= 15 is 0 Å². The van der Waals surface area contributed by atoms with Gasteiger partial charge in [0.05, 0.1) is 12.0 Å². The van der Waals surface area contributed by atoms with Gasteiger partial charge in [-0.25, -0.2) is 17.5 Å². The van der Waals surface area contributed by atoms with Gasteiger partial charge in [0, 0.05) is 13.0 Å². The van der Waals surface area contributed by atoms with Crippen LogP contribution < -0.4 is 10.5 Å². The molecule has 0 atom stereocenters. The van der Waals surface area contributed by atoms with E-state index in [0.29, 0.717) is 12.2 Å². The molecule has 1 aromatic carbocycles. The third kappa shape index (κ3) is 3.33. The Morgan fingerprint density at radius 3 is 2.74 bits per heavy atom. The summed E-state index contributed by atoms with van der Waals surface area (Å²) >= 11 is 0. The quantitative estimate of drug-likeness (QED) is 0.815. The van der Waals surface area contributed by atoms with Gasteiger partial charge >= 0.3 is 0 Å². The van der Waals surface area contributed by atoms with Crippen LogP contribution in [0, 0.1) is 5.82 Å². The highest BCUT2D eigenvalue weighted by Crippen LogP contribution is 2.18. The maximum Gasteiger partial charge on any atom is 0.242 e. The van der Waals surface area contributed by atoms with Crippen LogP contribution in [0.25, 0.3) is 0 Å². The van der Waals surface area contributed by atoms with Gasteiger partial charge in [0.15, 0.2) is 0 Å². The van der Waals surface area contributed by atoms with E-state index in [1.807, 2.05) is 0 Å². The summed E-state index contributed by atoms with van der Waals surface area (Å²) in [6.45, 7) is 0.173. The molecule has 0 bridgehead atoms. The van der Waals surface area contributed by atoms with Gasteiger partial charge in [-0.1, -0.05) is 0 Å². The molecule has 0 saturated carbocycles. The summed E-state index contributed by atoms with van der Waals surface area (Å²) in [5.74, 6) is 0.0989. The van der Waals surface area contributed by atoms with Crippen LogP contribution in [0.1, 0.15) is 5.76 Å². The molecule has 2 aromatic rings. The first-order valence-electron chi connectivity index (χ1n) is 5.56. The van der Waals surface area contributed by atoms with Crippen molar-refractivity contribution in [1.82, 2.24) is 4.72 Å². The van der Waals surface area contributed by atoms with Crippen molar-refractivity contribution in [3.8, 4) is 0 Å². The lowest BCUT2D eigenvalue weighted by Gasteiger charge is -2.08. The fourth-order valence-electron chi connectivity index (χ4n) is 1.61. The van der Waals surface area contributed by atoms with Gasteiger partial charge in [-0.15, -0.1) is 0 Å². The largest absolute Gasteiger partial charge is 0.469 e. The van der Waals surface area contributed by atoms with Crippen molar-refractivity contribution in [2.24, 2.45) is 0 Å².